The fourth-order valence-electron chi connectivity index (χ4n) is 4.38. The van der Waals surface area contributed by atoms with E-state index in [1.54, 1.807) is 5.57 Å². The molecule has 0 aromatic heterocycles. The minimum absolute atomic E-state index is 0.806. The first-order valence-corrected chi connectivity index (χ1v) is 10.0. The van der Waals surface area contributed by atoms with E-state index < -0.39 is 0 Å². The van der Waals surface area contributed by atoms with Crippen LogP contribution in [0.3, 0.4) is 0 Å². The smallest absolute Gasteiger partial charge is 0.0309 e. The first-order chi connectivity index (χ1) is 12.4. The van der Waals surface area contributed by atoms with Gasteiger partial charge in [-0.25, -0.2) is 0 Å². The van der Waals surface area contributed by atoms with E-state index in [1.807, 2.05) is 0 Å². The summed E-state index contributed by atoms with van der Waals surface area (Å²) in [5.74, 6) is 1.61. The maximum Gasteiger partial charge on any atom is 0.0309 e. The van der Waals surface area contributed by atoms with E-state index in [2.05, 4.69) is 66.4 Å². The molecule has 2 aliphatic carbocycles. The molecule has 4 rings (SSSR count). The molecule has 0 N–H and O–H groups in total. The highest BCUT2D eigenvalue weighted by Crippen LogP contribution is 2.52. The zero-order chi connectivity index (χ0) is 16.9. The van der Waals surface area contributed by atoms with Crippen LogP contribution in [0.4, 0.5) is 0 Å². The molecular weight excluding hydrogens is 300 g/mol. The highest BCUT2D eigenvalue weighted by molar-refractivity contribution is 5.80. The molecule has 0 nitrogen and oxygen atoms in total. The summed E-state index contributed by atoms with van der Waals surface area (Å²) in [6, 6.07) is 21.6. The molecule has 0 saturated heterocycles. The van der Waals surface area contributed by atoms with Gasteiger partial charge in [0.1, 0.15) is 0 Å². The number of hydrogen-bond donors (Lipinski definition) is 0. The van der Waals surface area contributed by atoms with Gasteiger partial charge < -0.3 is 0 Å². The first-order valence-electron chi connectivity index (χ1n) is 10.0. The number of hydrogen-bond acceptors (Lipinski definition) is 0. The van der Waals surface area contributed by atoms with Crippen molar-refractivity contribution in [3.05, 3.63) is 83.1 Å². The quantitative estimate of drug-likeness (QED) is 0.519. The van der Waals surface area contributed by atoms with Crippen LogP contribution in [-0.2, 0) is 0 Å². The van der Waals surface area contributed by atoms with E-state index in [1.165, 1.54) is 68.1 Å². The van der Waals surface area contributed by atoms with E-state index in [9.17, 15) is 0 Å². The number of allylic oxidation sites excluding steroid dienone is 1. The molecule has 0 heterocycles. The molecule has 2 atom stereocenters. The van der Waals surface area contributed by atoms with Gasteiger partial charge in [0.2, 0.25) is 0 Å². The van der Waals surface area contributed by atoms with E-state index >= 15 is 0 Å². The second kappa shape index (κ2) is 7.89. The fourth-order valence-corrected chi connectivity index (χ4v) is 4.38. The average molecular weight is 328 g/mol. The summed E-state index contributed by atoms with van der Waals surface area (Å²) in [7, 11) is 0. The van der Waals surface area contributed by atoms with Gasteiger partial charge in [-0.15, -0.1) is 5.73 Å². The van der Waals surface area contributed by atoms with Crippen molar-refractivity contribution >= 4 is 5.57 Å². The summed E-state index contributed by atoms with van der Waals surface area (Å²) in [5.41, 5.74) is 9.35. The summed E-state index contributed by atoms with van der Waals surface area (Å²) in [6.07, 6.45) is 11.3. The van der Waals surface area contributed by atoms with Crippen molar-refractivity contribution in [2.45, 2.75) is 51.4 Å². The van der Waals surface area contributed by atoms with E-state index in [0.29, 0.717) is 0 Å². The predicted molar refractivity (Wildman–Crippen MR) is 106 cm³/mol. The number of benzene rings is 2. The van der Waals surface area contributed by atoms with Gasteiger partial charge in [0, 0.05) is 5.57 Å². The van der Waals surface area contributed by atoms with Gasteiger partial charge in [0.05, 0.1) is 0 Å². The van der Waals surface area contributed by atoms with Crippen molar-refractivity contribution in [2.24, 2.45) is 11.8 Å². The lowest BCUT2D eigenvalue weighted by molar-refractivity contribution is 0.489. The number of fused-ring (bicyclic) bond motifs is 1. The molecule has 0 amide bonds. The monoisotopic (exact) mass is 328 g/mol. The molecule has 128 valence electrons. The van der Waals surface area contributed by atoms with Crippen LogP contribution in [0, 0.1) is 11.8 Å². The Kier molecular flexibility index (Phi) is 5.19. The van der Waals surface area contributed by atoms with Crippen molar-refractivity contribution < 1.29 is 0 Å². The van der Waals surface area contributed by atoms with Gasteiger partial charge in [-0.2, -0.15) is 0 Å². The maximum atomic E-state index is 3.90. The average Bonchev–Trinajstić information content (AvgIpc) is 3.35. The Labute approximate surface area is 152 Å². The third kappa shape index (κ3) is 3.97. The van der Waals surface area contributed by atoms with Gasteiger partial charge in [0.25, 0.3) is 0 Å². The van der Waals surface area contributed by atoms with Crippen LogP contribution in [0.15, 0.2) is 72.0 Å². The van der Waals surface area contributed by atoms with Crippen LogP contribution in [0.5, 0.6) is 0 Å². The molecule has 0 bridgehead atoms. The Morgan fingerprint density at radius 2 is 1.04 bits per heavy atom. The SMILES string of the molecule is C(=C(c1ccccc1)c1ccccc1)=C1[C@H]2CCCCCCCC[C@H]12. The van der Waals surface area contributed by atoms with Crippen LogP contribution in [0.2, 0.25) is 0 Å². The molecule has 2 aliphatic rings. The fraction of sp³-hybridized carbons (Fsp3) is 0.400. The lowest BCUT2D eigenvalue weighted by Gasteiger charge is -2.05. The summed E-state index contributed by atoms with van der Waals surface area (Å²) in [6.45, 7) is 0. The zero-order valence-corrected chi connectivity index (χ0v) is 15.1. The Balaban J connectivity index is 1.72. The summed E-state index contributed by atoms with van der Waals surface area (Å²) >= 11 is 0. The molecule has 0 unspecified atom stereocenters. The zero-order valence-electron chi connectivity index (χ0n) is 15.1. The Bertz CT molecular complexity index is 688. The molecule has 2 aromatic carbocycles. The molecule has 0 aliphatic heterocycles. The second-order valence-electron chi connectivity index (χ2n) is 7.60. The van der Waals surface area contributed by atoms with Crippen LogP contribution in [0.1, 0.15) is 62.5 Å². The van der Waals surface area contributed by atoms with Crippen molar-refractivity contribution in [3.63, 3.8) is 0 Å². The lowest BCUT2D eigenvalue weighted by Crippen LogP contribution is -1.89. The molecule has 2 aromatic rings. The third-order valence-electron chi connectivity index (χ3n) is 5.85. The van der Waals surface area contributed by atoms with Crippen LogP contribution < -0.4 is 0 Å². The largest absolute Gasteiger partial charge is 0.112 e. The number of rotatable bonds is 2. The van der Waals surface area contributed by atoms with Crippen LogP contribution in [0.25, 0.3) is 5.57 Å². The first kappa shape index (κ1) is 16.4. The molecular formula is C25H28. The standard InChI is InChI=1S/C25H28/c1-2-4-12-18-23-22(17-11-3-1)25(23)19-24(20-13-7-5-8-14-20)21-15-9-6-10-16-21/h5-10,13-16,22-23H,1-4,11-12,17-18H2/t22-,23-/m0/s1. The molecule has 2 fully saturated rings. The molecule has 0 heteroatoms. The summed E-state index contributed by atoms with van der Waals surface area (Å²) in [4.78, 5) is 0. The normalized spacial score (nSPS) is 23.3. The van der Waals surface area contributed by atoms with E-state index in [4.69, 9.17) is 0 Å². The minimum atomic E-state index is 0.806. The lowest BCUT2D eigenvalue weighted by atomic mass is 9.98. The second-order valence-corrected chi connectivity index (χ2v) is 7.60. The third-order valence-corrected chi connectivity index (χ3v) is 5.85. The topological polar surface area (TPSA) is 0 Å². The highest BCUT2D eigenvalue weighted by atomic mass is 14.5. The summed E-state index contributed by atoms with van der Waals surface area (Å²) < 4.78 is 0. The van der Waals surface area contributed by atoms with Crippen molar-refractivity contribution in [2.75, 3.05) is 0 Å². The minimum Gasteiger partial charge on any atom is -0.112 e. The van der Waals surface area contributed by atoms with Gasteiger partial charge in [0.15, 0.2) is 0 Å². The van der Waals surface area contributed by atoms with Gasteiger partial charge in [-0.3, -0.25) is 0 Å². The van der Waals surface area contributed by atoms with Gasteiger partial charge >= 0.3 is 0 Å². The van der Waals surface area contributed by atoms with Crippen LogP contribution in [-0.4, -0.2) is 0 Å². The van der Waals surface area contributed by atoms with Crippen molar-refractivity contribution in [1.29, 1.82) is 0 Å². The Morgan fingerprint density at radius 1 is 0.600 bits per heavy atom. The van der Waals surface area contributed by atoms with E-state index in [-0.39, 0.29) is 0 Å². The molecule has 0 radical (unpaired) electrons. The Morgan fingerprint density at radius 3 is 1.52 bits per heavy atom. The molecule has 0 spiro atoms. The van der Waals surface area contributed by atoms with Gasteiger partial charge in [-0.05, 0) is 41.4 Å². The van der Waals surface area contributed by atoms with E-state index in [0.717, 1.165) is 11.8 Å². The molecule has 25 heavy (non-hydrogen) atoms. The van der Waals surface area contributed by atoms with Gasteiger partial charge in [-0.1, -0.05) is 99.2 Å². The van der Waals surface area contributed by atoms with Crippen molar-refractivity contribution in [1.82, 2.24) is 0 Å². The predicted octanol–water partition coefficient (Wildman–Crippen LogP) is 7.02. The maximum absolute atomic E-state index is 3.90. The Hall–Kier alpha value is -2.04. The molecule has 2 saturated carbocycles. The highest BCUT2D eigenvalue weighted by Gasteiger charge is 2.42. The van der Waals surface area contributed by atoms with Crippen molar-refractivity contribution in [3.8, 4) is 0 Å². The van der Waals surface area contributed by atoms with Crippen LogP contribution >= 0.6 is 0 Å². The summed E-state index contributed by atoms with van der Waals surface area (Å²) in [5, 5.41) is 0.